The summed E-state index contributed by atoms with van der Waals surface area (Å²) in [4.78, 5) is 15.3. The van der Waals surface area contributed by atoms with Crippen molar-refractivity contribution in [3.05, 3.63) is 194 Å². The van der Waals surface area contributed by atoms with Gasteiger partial charge in [0.05, 0.1) is 11.0 Å². The van der Waals surface area contributed by atoms with Gasteiger partial charge in [0.15, 0.2) is 17.5 Å². The van der Waals surface area contributed by atoms with Gasteiger partial charge in [-0.3, -0.25) is 0 Å². The average molecular weight is 725 g/mol. The quantitative estimate of drug-likeness (QED) is 0.177. The van der Waals surface area contributed by atoms with E-state index >= 15 is 0 Å². The third kappa shape index (κ3) is 4.98. The molecule has 4 heteroatoms. The van der Waals surface area contributed by atoms with Crippen LogP contribution in [-0.4, -0.2) is 19.5 Å². The smallest absolute Gasteiger partial charge is 0.164 e. The number of nitrogens with zero attached hydrogens (tertiary/aromatic N) is 4. The van der Waals surface area contributed by atoms with Crippen LogP contribution in [0.1, 0.15) is 0 Å². The first-order valence-electron chi connectivity index (χ1n) is 19.4. The van der Waals surface area contributed by atoms with Gasteiger partial charge in [0.1, 0.15) is 0 Å². The third-order valence-corrected chi connectivity index (χ3v) is 11.5. The first-order chi connectivity index (χ1) is 28.2. The van der Waals surface area contributed by atoms with Crippen LogP contribution >= 0.6 is 0 Å². The lowest BCUT2D eigenvalue weighted by Crippen LogP contribution is -2.01. The maximum Gasteiger partial charge on any atom is 0.164 e. The van der Waals surface area contributed by atoms with Gasteiger partial charge in [0.25, 0.3) is 0 Å². The molecule has 1 aliphatic carbocycles. The number of benzene rings is 9. The van der Waals surface area contributed by atoms with Crippen molar-refractivity contribution in [2.75, 3.05) is 0 Å². The molecule has 0 N–H and O–H groups in total. The zero-order chi connectivity index (χ0) is 37.5. The van der Waals surface area contributed by atoms with E-state index < -0.39 is 0 Å². The lowest BCUT2D eigenvalue weighted by atomic mass is 9.97. The van der Waals surface area contributed by atoms with Crippen LogP contribution in [0.5, 0.6) is 0 Å². The molecule has 0 radical (unpaired) electrons. The van der Waals surface area contributed by atoms with Crippen LogP contribution in [0.15, 0.2) is 194 Å². The Morgan fingerprint density at radius 1 is 0.298 bits per heavy atom. The predicted molar refractivity (Wildman–Crippen MR) is 235 cm³/mol. The second-order valence-electron chi connectivity index (χ2n) is 14.8. The summed E-state index contributed by atoms with van der Waals surface area (Å²) in [5, 5.41) is 7.55. The lowest BCUT2D eigenvalue weighted by molar-refractivity contribution is 1.07. The number of hydrogen-bond donors (Lipinski definition) is 0. The fourth-order valence-corrected chi connectivity index (χ4v) is 8.92. The molecule has 0 saturated carbocycles. The minimum Gasteiger partial charge on any atom is -0.309 e. The van der Waals surface area contributed by atoms with Crippen LogP contribution in [-0.2, 0) is 0 Å². The molecule has 1 aliphatic rings. The van der Waals surface area contributed by atoms with Crippen LogP contribution < -0.4 is 0 Å². The zero-order valence-corrected chi connectivity index (χ0v) is 30.8. The van der Waals surface area contributed by atoms with Gasteiger partial charge in [0.2, 0.25) is 0 Å². The fourth-order valence-electron chi connectivity index (χ4n) is 8.92. The molecule has 0 fully saturated rings. The van der Waals surface area contributed by atoms with Gasteiger partial charge in [-0.15, -0.1) is 0 Å². The van der Waals surface area contributed by atoms with E-state index in [0.717, 1.165) is 27.9 Å². The monoisotopic (exact) mass is 724 g/mol. The molecule has 9 aromatic carbocycles. The van der Waals surface area contributed by atoms with Gasteiger partial charge in [-0.05, 0) is 85.3 Å². The normalized spacial score (nSPS) is 11.9. The standard InChI is InChI=1S/C53H32N4/c1-3-13-33(14-4-1)34-25-27-36(28-26-34)52-54-51(35-15-5-2-6-16-35)55-53(56-52)39-19-11-20-40(29-39)57-47-31-38-18-8-7-17-37(38)30-46(47)50-44-24-12-23-43-41-21-9-10-22-42(41)45(49(43)44)32-48(50)57/h1-32H. The number of aromatic nitrogens is 4. The van der Waals surface area contributed by atoms with Crippen molar-refractivity contribution in [1.29, 1.82) is 0 Å². The van der Waals surface area contributed by atoms with Crippen molar-refractivity contribution in [3.63, 3.8) is 0 Å². The first-order valence-corrected chi connectivity index (χ1v) is 19.4. The molecule has 4 nitrogen and oxygen atoms in total. The Morgan fingerprint density at radius 3 is 1.56 bits per heavy atom. The van der Waals surface area contributed by atoms with Crippen LogP contribution in [0.4, 0.5) is 0 Å². The molecule has 2 aromatic heterocycles. The van der Waals surface area contributed by atoms with E-state index in [2.05, 4.69) is 174 Å². The van der Waals surface area contributed by atoms with Gasteiger partial charge >= 0.3 is 0 Å². The van der Waals surface area contributed by atoms with E-state index in [-0.39, 0.29) is 0 Å². The van der Waals surface area contributed by atoms with Crippen LogP contribution in [0.25, 0.3) is 117 Å². The summed E-state index contributed by atoms with van der Waals surface area (Å²) in [5.74, 6) is 1.90. The minimum absolute atomic E-state index is 0.627. The molecule has 0 bridgehead atoms. The van der Waals surface area contributed by atoms with Gasteiger partial charge < -0.3 is 4.57 Å². The molecule has 2 heterocycles. The molecule has 12 rings (SSSR count). The van der Waals surface area contributed by atoms with Gasteiger partial charge in [0, 0.05) is 33.2 Å². The largest absolute Gasteiger partial charge is 0.309 e. The SMILES string of the molecule is c1ccc(-c2ccc(-c3nc(-c4ccccc4)nc(-c4cccc(-n5c6cc7ccccc7cc6c6c7cccc8c7c(cc65)-c5ccccc5-8)c4)n3)cc2)cc1. The van der Waals surface area contributed by atoms with Crippen molar-refractivity contribution >= 4 is 43.4 Å². The molecule has 11 aromatic rings. The van der Waals surface area contributed by atoms with Crippen LogP contribution in [0.3, 0.4) is 0 Å². The number of hydrogen-bond acceptors (Lipinski definition) is 3. The van der Waals surface area contributed by atoms with Crippen molar-refractivity contribution in [1.82, 2.24) is 19.5 Å². The van der Waals surface area contributed by atoms with E-state index in [9.17, 15) is 0 Å². The first kappa shape index (κ1) is 31.6. The summed E-state index contributed by atoms with van der Waals surface area (Å²) in [6, 6.07) is 69.1. The van der Waals surface area contributed by atoms with Crippen LogP contribution in [0.2, 0.25) is 0 Å². The molecule has 0 atom stereocenters. The van der Waals surface area contributed by atoms with E-state index in [1.807, 2.05) is 24.3 Å². The molecule has 0 spiro atoms. The predicted octanol–water partition coefficient (Wildman–Crippen LogP) is 13.6. The fraction of sp³-hybridized carbons (Fsp3) is 0. The Bertz CT molecular complexity index is 3380. The maximum atomic E-state index is 5.16. The molecule has 0 saturated heterocycles. The molecule has 0 unspecified atom stereocenters. The second-order valence-corrected chi connectivity index (χ2v) is 14.8. The Balaban J connectivity index is 1.08. The molecule has 57 heavy (non-hydrogen) atoms. The highest BCUT2D eigenvalue weighted by Gasteiger charge is 2.26. The molecule has 264 valence electrons. The van der Waals surface area contributed by atoms with Crippen molar-refractivity contribution in [2.45, 2.75) is 0 Å². The Kier molecular flexibility index (Phi) is 6.89. The third-order valence-electron chi connectivity index (χ3n) is 11.5. The Morgan fingerprint density at radius 2 is 0.825 bits per heavy atom. The second kappa shape index (κ2) is 12.4. The maximum absolute atomic E-state index is 5.16. The summed E-state index contributed by atoms with van der Waals surface area (Å²) in [5.41, 5.74) is 13.7. The van der Waals surface area contributed by atoms with E-state index in [0.29, 0.717) is 17.5 Å². The topological polar surface area (TPSA) is 43.6 Å². The Hall–Kier alpha value is -7.69. The van der Waals surface area contributed by atoms with Gasteiger partial charge in [-0.25, -0.2) is 15.0 Å². The summed E-state index contributed by atoms with van der Waals surface area (Å²) >= 11 is 0. The van der Waals surface area contributed by atoms with Gasteiger partial charge in [-0.1, -0.05) is 164 Å². The van der Waals surface area contributed by atoms with Gasteiger partial charge in [-0.2, -0.15) is 0 Å². The number of rotatable bonds is 5. The Labute approximate surface area is 329 Å². The minimum atomic E-state index is 0.627. The zero-order valence-electron chi connectivity index (χ0n) is 30.8. The average Bonchev–Trinajstić information content (AvgIpc) is 3.79. The lowest BCUT2D eigenvalue weighted by Gasteiger charge is -2.13. The highest BCUT2D eigenvalue weighted by atomic mass is 15.0. The summed E-state index contributed by atoms with van der Waals surface area (Å²) < 4.78 is 2.44. The van der Waals surface area contributed by atoms with E-state index in [1.54, 1.807) is 0 Å². The molecule has 0 aliphatic heterocycles. The van der Waals surface area contributed by atoms with Crippen molar-refractivity contribution in [2.24, 2.45) is 0 Å². The van der Waals surface area contributed by atoms with Crippen molar-refractivity contribution < 1.29 is 0 Å². The highest BCUT2D eigenvalue weighted by Crippen LogP contribution is 2.51. The number of fused-ring (bicyclic) bond motifs is 8. The molecular weight excluding hydrogens is 693 g/mol. The van der Waals surface area contributed by atoms with Crippen LogP contribution in [0, 0.1) is 0 Å². The van der Waals surface area contributed by atoms with E-state index in [1.165, 1.54) is 71.2 Å². The molecular formula is C53H32N4. The molecule has 0 amide bonds. The van der Waals surface area contributed by atoms with E-state index in [4.69, 9.17) is 15.0 Å². The summed E-state index contributed by atoms with van der Waals surface area (Å²) in [6.45, 7) is 0. The van der Waals surface area contributed by atoms with Crippen molar-refractivity contribution in [3.8, 4) is 73.2 Å². The highest BCUT2D eigenvalue weighted by molar-refractivity contribution is 6.30. The summed E-state index contributed by atoms with van der Waals surface area (Å²) in [6.07, 6.45) is 0. The summed E-state index contributed by atoms with van der Waals surface area (Å²) in [7, 11) is 0.